The van der Waals surface area contributed by atoms with E-state index in [1.807, 2.05) is 13.0 Å². The highest BCUT2D eigenvalue weighted by molar-refractivity contribution is 5.51. The molecule has 2 N–H and O–H groups in total. The zero-order valence-corrected chi connectivity index (χ0v) is 10.5. The Balaban J connectivity index is 1.96. The largest absolute Gasteiger partial charge is 0.461 e. The second kappa shape index (κ2) is 4.24. The summed E-state index contributed by atoms with van der Waals surface area (Å²) >= 11 is 0. The van der Waals surface area contributed by atoms with Gasteiger partial charge >= 0.3 is 0 Å². The van der Waals surface area contributed by atoms with Crippen molar-refractivity contribution in [2.45, 2.75) is 38.0 Å². The summed E-state index contributed by atoms with van der Waals surface area (Å²) in [6.45, 7) is 2.52. The molecule has 0 spiro atoms. The SMILES string of the molecule is Cc1ccoc1-c1noc(C2(CN)CCCC2)n1. The third-order valence-corrected chi connectivity index (χ3v) is 3.90. The maximum atomic E-state index is 5.91. The van der Waals surface area contributed by atoms with Gasteiger partial charge in [0.05, 0.1) is 11.7 Å². The number of furan rings is 1. The first kappa shape index (κ1) is 11.5. The molecule has 0 amide bonds. The van der Waals surface area contributed by atoms with E-state index in [4.69, 9.17) is 14.7 Å². The van der Waals surface area contributed by atoms with Crippen LogP contribution in [0.2, 0.25) is 0 Å². The lowest BCUT2D eigenvalue weighted by atomic mass is 9.86. The highest BCUT2D eigenvalue weighted by atomic mass is 16.5. The van der Waals surface area contributed by atoms with Crippen molar-refractivity contribution in [3.05, 3.63) is 23.8 Å². The number of nitrogens with two attached hydrogens (primary N) is 1. The topological polar surface area (TPSA) is 78.1 Å². The highest BCUT2D eigenvalue weighted by Crippen LogP contribution is 2.40. The zero-order valence-electron chi connectivity index (χ0n) is 10.5. The molecule has 5 heteroatoms. The van der Waals surface area contributed by atoms with Gasteiger partial charge in [-0.15, -0.1) is 0 Å². The van der Waals surface area contributed by atoms with Gasteiger partial charge in [-0.25, -0.2) is 0 Å². The lowest BCUT2D eigenvalue weighted by Gasteiger charge is -2.21. The van der Waals surface area contributed by atoms with Crippen LogP contribution in [-0.4, -0.2) is 16.7 Å². The van der Waals surface area contributed by atoms with Gasteiger partial charge in [0.15, 0.2) is 5.76 Å². The van der Waals surface area contributed by atoms with E-state index in [-0.39, 0.29) is 5.41 Å². The summed E-state index contributed by atoms with van der Waals surface area (Å²) in [5.41, 5.74) is 6.80. The van der Waals surface area contributed by atoms with Crippen molar-refractivity contribution in [3.8, 4) is 11.6 Å². The molecule has 96 valence electrons. The predicted octanol–water partition coefficient (Wildman–Crippen LogP) is 2.41. The molecule has 2 aromatic heterocycles. The van der Waals surface area contributed by atoms with E-state index in [0.29, 0.717) is 24.0 Å². The van der Waals surface area contributed by atoms with E-state index in [1.54, 1.807) is 6.26 Å². The molecule has 0 aliphatic heterocycles. The van der Waals surface area contributed by atoms with E-state index in [0.717, 1.165) is 18.4 Å². The molecule has 5 nitrogen and oxygen atoms in total. The summed E-state index contributed by atoms with van der Waals surface area (Å²) in [7, 11) is 0. The molecule has 0 radical (unpaired) electrons. The minimum atomic E-state index is -0.119. The number of nitrogens with zero attached hydrogens (tertiary/aromatic N) is 2. The molecule has 1 aliphatic carbocycles. The van der Waals surface area contributed by atoms with E-state index >= 15 is 0 Å². The quantitative estimate of drug-likeness (QED) is 0.901. The van der Waals surface area contributed by atoms with Crippen molar-refractivity contribution in [3.63, 3.8) is 0 Å². The third kappa shape index (κ3) is 1.66. The van der Waals surface area contributed by atoms with Gasteiger partial charge in [0.2, 0.25) is 11.7 Å². The van der Waals surface area contributed by atoms with Crippen LogP contribution in [0.5, 0.6) is 0 Å². The van der Waals surface area contributed by atoms with Crippen molar-refractivity contribution < 1.29 is 8.94 Å². The summed E-state index contributed by atoms with van der Waals surface area (Å²) in [4.78, 5) is 4.49. The number of hydrogen-bond donors (Lipinski definition) is 1. The third-order valence-electron chi connectivity index (χ3n) is 3.90. The molecule has 0 bridgehead atoms. The van der Waals surface area contributed by atoms with Crippen molar-refractivity contribution in [2.75, 3.05) is 6.54 Å². The minimum Gasteiger partial charge on any atom is -0.461 e. The van der Waals surface area contributed by atoms with Crippen LogP contribution in [0.3, 0.4) is 0 Å². The van der Waals surface area contributed by atoms with E-state index in [9.17, 15) is 0 Å². The molecule has 1 fully saturated rings. The number of aryl methyl sites for hydroxylation is 1. The first-order chi connectivity index (χ1) is 8.75. The summed E-state index contributed by atoms with van der Waals surface area (Å²) in [5.74, 6) is 1.86. The second-order valence-electron chi connectivity index (χ2n) is 5.05. The standard InChI is InChI=1S/C13H17N3O2/c1-9-4-7-17-10(9)11-15-12(18-16-11)13(8-14)5-2-3-6-13/h4,7H,2-3,5-6,8,14H2,1H3. The molecular weight excluding hydrogens is 230 g/mol. The van der Waals surface area contributed by atoms with Crippen LogP contribution < -0.4 is 5.73 Å². The Hall–Kier alpha value is -1.62. The summed E-state index contributed by atoms with van der Waals surface area (Å²) < 4.78 is 10.8. The maximum absolute atomic E-state index is 5.91. The second-order valence-corrected chi connectivity index (χ2v) is 5.05. The molecule has 0 aromatic carbocycles. The van der Waals surface area contributed by atoms with Gasteiger partial charge in [0, 0.05) is 6.54 Å². The Morgan fingerprint density at radius 1 is 1.39 bits per heavy atom. The van der Waals surface area contributed by atoms with E-state index < -0.39 is 0 Å². The molecule has 0 unspecified atom stereocenters. The Morgan fingerprint density at radius 2 is 2.17 bits per heavy atom. The number of hydrogen-bond acceptors (Lipinski definition) is 5. The average Bonchev–Trinajstić information content (AvgIpc) is 3.08. The van der Waals surface area contributed by atoms with Crippen molar-refractivity contribution >= 4 is 0 Å². The van der Waals surface area contributed by atoms with Crippen LogP contribution >= 0.6 is 0 Å². The van der Waals surface area contributed by atoms with Crippen LogP contribution in [-0.2, 0) is 5.41 Å². The van der Waals surface area contributed by atoms with Gasteiger partial charge in [0.1, 0.15) is 0 Å². The van der Waals surface area contributed by atoms with Crippen molar-refractivity contribution in [1.29, 1.82) is 0 Å². The van der Waals surface area contributed by atoms with Crippen LogP contribution in [0.4, 0.5) is 0 Å². The molecular formula is C13H17N3O2. The van der Waals surface area contributed by atoms with Crippen molar-refractivity contribution in [2.24, 2.45) is 5.73 Å². The number of aromatic nitrogens is 2. The van der Waals surface area contributed by atoms with Gasteiger partial charge in [-0.1, -0.05) is 18.0 Å². The maximum Gasteiger partial charge on any atom is 0.238 e. The molecule has 0 saturated heterocycles. The molecule has 18 heavy (non-hydrogen) atoms. The fraction of sp³-hybridized carbons (Fsp3) is 0.538. The summed E-state index contributed by atoms with van der Waals surface area (Å²) in [6, 6.07) is 1.89. The van der Waals surface area contributed by atoms with Gasteiger partial charge in [-0.05, 0) is 31.4 Å². The molecule has 0 atom stereocenters. The molecule has 2 aromatic rings. The van der Waals surface area contributed by atoms with Crippen LogP contribution in [0.25, 0.3) is 11.6 Å². The van der Waals surface area contributed by atoms with Gasteiger partial charge in [-0.2, -0.15) is 4.98 Å². The Morgan fingerprint density at radius 3 is 2.78 bits per heavy atom. The van der Waals surface area contributed by atoms with Crippen molar-refractivity contribution in [1.82, 2.24) is 10.1 Å². The van der Waals surface area contributed by atoms with Gasteiger partial charge in [-0.3, -0.25) is 0 Å². The van der Waals surface area contributed by atoms with Crippen LogP contribution in [0.1, 0.15) is 37.1 Å². The lowest BCUT2D eigenvalue weighted by molar-refractivity contribution is 0.284. The fourth-order valence-electron chi connectivity index (χ4n) is 2.69. The van der Waals surface area contributed by atoms with Gasteiger partial charge in [0.25, 0.3) is 0 Å². The molecule has 1 aliphatic rings. The predicted molar refractivity (Wildman–Crippen MR) is 65.9 cm³/mol. The lowest BCUT2D eigenvalue weighted by Crippen LogP contribution is -2.32. The Kier molecular flexibility index (Phi) is 2.70. The molecule has 2 heterocycles. The fourth-order valence-corrected chi connectivity index (χ4v) is 2.69. The Labute approximate surface area is 105 Å². The first-order valence-electron chi connectivity index (χ1n) is 6.34. The highest BCUT2D eigenvalue weighted by Gasteiger charge is 2.39. The average molecular weight is 247 g/mol. The van der Waals surface area contributed by atoms with Crippen LogP contribution in [0, 0.1) is 6.92 Å². The smallest absolute Gasteiger partial charge is 0.238 e. The Bertz CT molecular complexity index is 538. The minimum absolute atomic E-state index is 0.119. The molecule has 3 rings (SSSR count). The normalized spacial score (nSPS) is 18.3. The van der Waals surface area contributed by atoms with E-state index in [2.05, 4.69) is 10.1 Å². The number of rotatable bonds is 3. The van der Waals surface area contributed by atoms with E-state index in [1.165, 1.54) is 12.8 Å². The monoisotopic (exact) mass is 247 g/mol. The molecule has 1 saturated carbocycles. The summed E-state index contributed by atoms with van der Waals surface area (Å²) in [5, 5.41) is 4.02. The zero-order chi connectivity index (χ0) is 12.6. The van der Waals surface area contributed by atoms with Crippen LogP contribution in [0.15, 0.2) is 21.3 Å². The van der Waals surface area contributed by atoms with Gasteiger partial charge < -0.3 is 14.7 Å². The summed E-state index contributed by atoms with van der Waals surface area (Å²) in [6.07, 6.45) is 6.04. The first-order valence-corrected chi connectivity index (χ1v) is 6.34.